The molecule has 3 nitrogen and oxygen atoms in total. The van der Waals surface area contributed by atoms with Crippen molar-refractivity contribution in [2.24, 2.45) is 0 Å². The SMILES string of the molecule is C=C(/C=C\C=C/C)NC(=O)[C@H](I)CN1CCc2ccccc2C1. The van der Waals surface area contributed by atoms with Crippen LogP contribution in [0.4, 0.5) is 0 Å². The standard InChI is InChI=1S/C19H23IN2O/c1-3-4-5-8-15(2)21-19(23)18(20)14-22-12-11-16-9-6-7-10-17(16)13-22/h3-10,18H,2,11-14H2,1H3,(H,21,23)/b4-3-,8-5-/t18-/m1/s1. The molecule has 1 heterocycles. The minimum atomic E-state index is -0.0928. The van der Waals surface area contributed by atoms with E-state index >= 15 is 0 Å². The van der Waals surface area contributed by atoms with Crippen molar-refractivity contribution in [3.8, 4) is 0 Å². The second-order valence-corrected chi connectivity index (χ2v) is 7.12. The number of alkyl halides is 1. The predicted octanol–water partition coefficient (Wildman–Crippen LogP) is 3.61. The molecule has 0 unspecified atom stereocenters. The highest BCUT2D eigenvalue weighted by atomic mass is 127. The molecule has 0 saturated heterocycles. The van der Waals surface area contributed by atoms with Crippen molar-refractivity contribution < 1.29 is 4.79 Å². The summed E-state index contributed by atoms with van der Waals surface area (Å²) in [5.41, 5.74) is 3.43. The van der Waals surface area contributed by atoms with Crippen LogP contribution in [0.15, 0.2) is 60.8 Å². The minimum Gasteiger partial charge on any atom is -0.326 e. The molecule has 0 spiro atoms. The van der Waals surface area contributed by atoms with Gasteiger partial charge in [-0.25, -0.2) is 0 Å². The predicted molar refractivity (Wildman–Crippen MR) is 104 cm³/mol. The van der Waals surface area contributed by atoms with Crippen LogP contribution in [-0.4, -0.2) is 27.8 Å². The highest BCUT2D eigenvalue weighted by molar-refractivity contribution is 14.1. The normalized spacial score (nSPS) is 16.4. The third kappa shape index (κ3) is 5.62. The van der Waals surface area contributed by atoms with Gasteiger partial charge in [0.2, 0.25) is 5.91 Å². The molecule has 23 heavy (non-hydrogen) atoms. The molecule has 2 rings (SSSR count). The number of carbonyl (C=O) groups excluding carboxylic acids is 1. The van der Waals surface area contributed by atoms with Gasteiger partial charge in [-0.05, 0) is 30.5 Å². The van der Waals surface area contributed by atoms with E-state index in [1.54, 1.807) is 6.08 Å². The molecule has 0 bridgehead atoms. The first-order valence-electron chi connectivity index (χ1n) is 7.82. The molecule has 1 amide bonds. The summed E-state index contributed by atoms with van der Waals surface area (Å²) in [6, 6.07) is 8.55. The fourth-order valence-electron chi connectivity index (χ4n) is 2.58. The number of nitrogens with zero attached hydrogens (tertiary/aromatic N) is 1. The minimum absolute atomic E-state index is 0.0135. The number of halogens is 1. The van der Waals surface area contributed by atoms with Crippen LogP contribution in [0.1, 0.15) is 18.1 Å². The third-order valence-electron chi connectivity index (χ3n) is 3.80. The number of hydrogen-bond acceptors (Lipinski definition) is 2. The lowest BCUT2D eigenvalue weighted by Crippen LogP contribution is -2.41. The Bertz CT molecular complexity index is 622. The molecule has 0 saturated carbocycles. The lowest BCUT2D eigenvalue weighted by Gasteiger charge is -2.30. The average Bonchev–Trinajstić information content (AvgIpc) is 2.55. The zero-order valence-corrected chi connectivity index (χ0v) is 15.6. The molecular weight excluding hydrogens is 399 g/mol. The zero-order chi connectivity index (χ0) is 16.7. The van der Waals surface area contributed by atoms with Gasteiger partial charge < -0.3 is 5.32 Å². The Kier molecular flexibility index (Phi) is 7.05. The van der Waals surface area contributed by atoms with Gasteiger partial charge in [-0.15, -0.1) is 0 Å². The maximum Gasteiger partial charge on any atom is 0.238 e. The fourth-order valence-corrected chi connectivity index (χ4v) is 3.29. The molecule has 0 aliphatic carbocycles. The maximum atomic E-state index is 12.2. The van der Waals surface area contributed by atoms with Crippen molar-refractivity contribution in [3.05, 3.63) is 72.0 Å². The monoisotopic (exact) mass is 422 g/mol. The average molecular weight is 422 g/mol. The van der Waals surface area contributed by atoms with E-state index in [1.807, 2.05) is 25.2 Å². The van der Waals surface area contributed by atoms with E-state index in [1.165, 1.54) is 11.1 Å². The second kappa shape index (κ2) is 9.03. The Morgan fingerprint density at radius 2 is 2.13 bits per heavy atom. The van der Waals surface area contributed by atoms with Crippen LogP contribution >= 0.6 is 22.6 Å². The van der Waals surface area contributed by atoms with Gasteiger partial charge in [0.25, 0.3) is 0 Å². The van der Waals surface area contributed by atoms with Crippen LogP contribution in [-0.2, 0) is 17.8 Å². The maximum absolute atomic E-state index is 12.2. The lowest BCUT2D eigenvalue weighted by atomic mass is 10.00. The highest BCUT2D eigenvalue weighted by Crippen LogP contribution is 2.19. The van der Waals surface area contributed by atoms with Crippen molar-refractivity contribution in [2.45, 2.75) is 23.8 Å². The fraction of sp³-hybridized carbons (Fsp3) is 0.316. The summed E-state index contributed by atoms with van der Waals surface area (Å²) in [5, 5.41) is 2.86. The summed E-state index contributed by atoms with van der Waals surface area (Å²) in [4.78, 5) is 14.6. The summed E-state index contributed by atoms with van der Waals surface area (Å²) in [7, 11) is 0. The van der Waals surface area contributed by atoms with Crippen LogP contribution in [0.25, 0.3) is 0 Å². The molecule has 1 atom stereocenters. The van der Waals surface area contributed by atoms with E-state index in [0.717, 1.165) is 26.1 Å². The van der Waals surface area contributed by atoms with Gasteiger partial charge in [-0.3, -0.25) is 9.69 Å². The largest absolute Gasteiger partial charge is 0.326 e. The molecule has 1 aromatic carbocycles. The number of nitrogens with one attached hydrogen (secondary N) is 1. The Morgan fingerprint density at radius 3 is 2.87 bits per heavy atom. The molecule has 0 radical (unpaired) electrons. The van der Waals surface area contributed by atoms with Crippen molar-refractivity contribution >= 4 is 28.5 Å². The van der Waals surface area contributed by atoms with E-state index < -0.39 is 0 Å². The van der Waals surface area contributed by atoms with E-state index in [-0.39, 0.29) is 9.83 Å². The molecular formula is C19H23IN2O. The Hall–Kier alpha value is -1.40. The number of allylic oxidation sites excluding steroid dienone is 4. The molecule has 4 heteroatoms. The number of hydrogen-bond donors (Lipinski definition) is 1. The van der Waals surface area contributed by atoms with Crippen LogP contribution < -0.4 is 5.32 Å². The molecule has 1 aromatic rings. The van der Waals surface area contributed by atoms with Gasteiger partial charge >= 0.3 is 0 Å². The van der Waals surface area contributed by atoms with Crippen LogP contribution in [0.2, 0.25) is 0 Å². The van der Waals surface area contributed by atoms with Crippen molar-refractivity contribution in [1.82, 2.24) is 10.2 Å². The third-order valence-corrected chi connectivity index (χ3v) is 4.76. The summed E-state index contributed by atoms with van der Waals surface area (Å²) in [6.07, 6.45) is 8.57. The van der Waals surface area contributed by atoms with Crippen LogP contribution in [0.5, 0.6) is 0 Å². The zero-order valence-electron chi connectivity index (χ0n) is 13.5. The number of fused-ring (bicyclic) bond motifs is 1. The van der Waals surface area contributed by atoms with E-state index in [0.29, 0.717) is 5.70 Å². The van der Waals surface area contributed by atoms with Crippen molar-refractivity contribution in [2.75, 3.05) is 13.1 Å². The first-order valence-corrected chi connectivity index (χ1v) is 9.07. The molecule has 1 N–H and O–H groups in total. The van der Waals surface area contributed by atoms with Crippen molar-refractivity contribution in [3.63, 3.8) is 0 Å². The highest BCUT2D eigenvalue weighted by Gasteiger charge is 2.22. The summed E-state index contributed by atoms with van der Waals surface area (Å²) in [5.74, 6) is 0.0135. The number of amides is 1. The van der Waals surface area contributed by atoms with Gasteiger partial charge in [-0.2, -0.15) is 0 Å². The van der Waals surface area contributed by atoms with Crippen LogP contribution in [0.3, 0.4) is 0 Å². The smallest absolute Gasteiger partial charge is 0.238 e. The number of rotatable bonds is 6. The Labute approximate surface area is 152 Å². The summed E-state index contributed by atoms with van der Waals surface area (Å²) in [6.45, 7) is 8.49. The van der Waals surface area contributed by atoms with Gasteiger partial charge in [-0.1, -0.05) is 71.7 Å². The lowest BCUT2D eigenvalue weighted by molar-refractivity contribution is -0.119. The Balaban J connectivity index is 1.84. The van der Waals surface area contributed by atoms with Gasteiger partial charge in [0.05, 0.1) is 0 Å². The Morgan fingerprint density at radius 1 is 1.39 bits per heavy atom. The first kappa shape index (κ1) is 17.9. The molecule has 0 fully saturated rings. The molecule has 122 valence electrons. The summed E-state index contributed by atoms with van der Waals surface area (Å²) < 4.78 is -0.0928. The van der Waals surface area contributed by atoms with Crippen molar-refractivity contribution in [1.29, 1.82) is 0 Å². The first-order chi connectivity index (χ1) is 11.1. The molecule has 0 aromatic heterocycles. The van der Waals surface area contributed by atoms with E-state index in [2.05, 4.69) is 63.7 Å². The summed E-state index contributed by atoms with van der Waals surface area (Å²) >= 11 is 2.22. The number of carbonyl (C=O) groups is 1. The molecule has 1 aliphatic heterocycles. The second-order valence-electron chi connectivity index (χ2n) is 5.62. The van der Waals surface area contributed by atoms with Gasteiger partial charge in [0, 0.05) is 25.3 Å². The quantitative estimate of drug-likeness (QED) is 0.432. The topological polar surface area (TPSA) is 32.3 Å². The number of benzene rings is 1. The van der Waals surface area contributed by atoms with Crippen LogP contribution in [0, 0.1) is 0 Å². The van der Waals surface area contributed by atoms with E-state index in [9.17, 15) is 4.79 Å². The van der Waals surface area contributed by atoms with E-state index in [4.69, 9.17) is 0 Å². The molecule has 1 aliphatic rings. The van der Waals surface area contributed by atoms with Gasteiger partial charge in [0.15, 0.2) is 0 Å². The van der Waals surface area contributed by atoms with Gasteiger partial charge in [0.1, 0.15) is 3.92 Å².